The Hall–Kier alpha value is -4.02. The molecule has 210 valence electrons. The molecule has 2 amide bonds. The van der Waals surface area contributed by atoms with Crippen LogP contribution in [0.2, 0.25) is 10.0 Å². The SMILES string of the molecule is Cc1ccc2c(Cl)c(C(=O)Nc3ccc(C(=O)N/N=C\c4cc(Br)ccc4OC(=O)c4ccc(Cl)cc4)cc3)sc2c1. The number of nitrogens with zero attached hydrogens (tertiary/aromatic N) is 1. The first kappa shape index (κ1) is 29.5. The number of carbonyl (C=O) groups is 3. The van der Waals surface area contributed by atoms with Gasteiger partial charge in [-0.05, 0) is 85.3 Å². The lowest BCUT2D eigenvalue weighted by molar-refractivity contribution is 0.0734. The smallest absolute Gasteiger partial charge is 0.343 e. The Morgan fingerprint density at radius 2 is 1.60 bits per heavy atom. The quantitative estimate of drug-likeness (QED) is 0.0780. The van der Waals surface area contributed by atoms with Crippen LogP contribution in [-0.4, -0.2) is 24.0 Å². The van der Waals surface area contributed by atoms with Crippen molar-refractivity contribution in [3.8, 4) is 5.75 Å². The van der Waals surface area contributed by atoms with Gasteiger partial charge in [0.2, 0.25) is 0 Å². The average molecular weight is 681 g/mol. The van der Waals surface area contributed by atoms with Gasteiger partial charge in [-0.3, -0.25) is 9.59 Å². The average Bonchev–Trinajstić information content (AvgIpc) is 3.30. The molecule has 4 aromatic carbocycles. The van der Waals surface area contributed by atoms with Crippen LogP contribution in [0, 0.1) is 6.92 Å². The third-order valence-corrected chi connectivity index (χ3v) is 8.42. The maximum atomic E-state index is 12.9. The number of ether oxygens (including phenoxy) is 1. The topological polar surface area (TPSA) is 96.9 Å². The van der Waals surface area contributed by atoms with Gasteiger partial charge in [-0.1, -0.05) is 51.3 Å². The second kappa shape index (κ2) is 12.9. The summed E-state index contributed by atoms with van der Waals surface area (Å²) < 4.78 is 7.19. The van der Waals surface area contributed by atoms with Crippen molar-refractivity contribution in [3.05, 3.63) is 127 Å². The number of anilines is 1. The van der Waals surface area contributed by atoms with Crippen molar-refractivity contribution in [3.63, 3.8) is 0 Å². The molecule has 0 unspecified atom stereocenters. The zero-order valence-corrected chi connectivity index (χ0v) is 25.7. The van der Waals surface area contributed by atoms with Crippen molar-refractivity contribution in [1.82, 2.24) is 5.43 Å². The number of nitrogens with one attached hydrogen (secondary N) is 2. The molecule has 0 aliphatic carbocycles. The predicted octanol–water partition coefficient (Wildman–Crippen LogP) is 8.51. The summed E-state index contributed by atoms with van der Waals surface area (Å²) in [5.41, 5.74) is 5.16. The van der Waals surface area contributed by atoms with E-state index in [0.717, 1.165) is 20.1 Å². The Morgan fingerprint density at radius 1 is 0.881 bits per heavy atom. The third kappa shape index (κ3) is 6.88. The van der Waals surface area contributed by atoms with E-state index < -0.39 is 11.9 Å². The Balaban J connectivity index is 1.22. The van der Waals surface area contributed by atoms with Crippen molar-refractivity contribution in [2.75, 3.05) is 5.32 Å². The summed E-state index contributed by atoms with van der Waals surface area (Å²) in [6.07, 6.45) is 1.37. The van der Waals surface area contributed by atoms with Crippen LogP contribution in [0.4, 0.5) is 5.69 Å². The van der Waals surface area contributed by atoms with E-state index >= 15 is 0 Å². The molecule has 0 fully saturated rings. The molecule has 0 spiro atoms. The van der Waals surface area contributed by atoms with E-state index in [0.29, 0.717) is 37.3 Å². The van der Waals surface area contributed by atoms with Crippen LogP contribution in [0.1, 0.15) is 41.5 Å². The standard InChI is InChI=1S/C31H20BrCl2N3O4S/c1-17-2-12-24-26(14-17)42-28(27(24)34)30(39)36-23-10-5-18(6-11-23)29(38)37-35-16-20-15-21(32)7-13-25(20)41-31(40)19-3-8-22(33)9-4-19/h2-16H,1H3,(H,36,39)(H,37,38)/b35-16-. The van der Waals surface area contributed by atoms with Gasteiger partial charge in [0.15, 0.2) is 0 Å². The summed E-state index contributed by atoms with van der Waals surface area (Å²) in [7, 11) is 0. The number of amides is 2. The van der Waals surface area contributed by atoms with Gasteiger partial charge in [0.05, 0.1) is 16.8 Å². The molecular formula is C31H20BrCl2N3O4S. The van der Waals surface area contributed by atoms with E-state index in [1.807, 2.05) is 25.1 Å². The van der Waals surface area contributed by atoms with Crippen molar-refractivity contribution in [1.29, 1.82) is 0 Å². The number of carbonyl (C=O) groups excluding carboxylic acids is 3. The first-order valence-electron chi connectivity index (χ1n) is 12.4. The number of hydrazone groups is 1. The number of thiophene rings is 1. The number of fused-ring (bicyclic) bond motifs is 1. The lowest BCUT2D eigenvalue weighted by Gasteiger charge is -2.08. The number of hydrogen-bond donors (Lipinski definition) is 2. The molecule has 7 nitrogen and oxygen atoms in total. The van der Waals surface area contributed by atoms with Crippen molar-refractivity contribution in [2.24, 2.45) is 5.10 Å². The van der Waals surface area contributed by atoms with Gasteiger partial charge in [-0.25, -0.2) is 10.2 Å². The Labute approximate surface area is 263 Å². The number of halogens is 3. The molecule has 0 saturated carbocycles. The lowest BCUT2D eigenvalue weighted by atomic mass is 10.2. The Morgan fingerprint density at radius 3 is 2.33 bits per heavy atom. The molecule has 42 heavy (non-hydrogen) atoms. The number of rotatable bonds is 7. The summed E-state index contributed by atoms with van der Waals surface area (Å²) >= 11 is 17.1. The minimum Gasteiger partial charge on any atom is -0.422 e. The van der Waals surface area contributed by atoms with Gasteiger partial charge < -0.3 is 10.1 Å². The van der Waals surface area contributed by atoms with E-state index in [1.165, 1.54) is 17.6 Å². The van der Waals surface area contributed by atoms with Crippen LogP contribution in [0.25, 0.3) is 10.1 Å². The van der Waals surface area contributed by atoms with Crippen LogP contribution in [-0.2, 0) is 0 Å². The highest BCUT2D eigenvalue weighted by Crippen LogP contribution is 2.36. The second-order valence-corrected chi connectivity index (χ2v) is 11.8. The molecule has 0 saturated heterocycles. The first-order valence-corrected chi connectivity index (χ1v) is 14.8. The highest BCUT2D eigenvalue weighted by Gasteiger charge is 2.18. The largest absolute Gasteiger partial charge is 0.422 e. The molecule has 5 rings (SSSR count). The molecule has 0 aliphatic rings. The zero-order valence-electron chi connectivity index (χ0n) is 21.8. The molecule has 0 bridgehead atoms. The van der Waals surface area contributed by atoms with Gasteiger partial charge in [-0.15, -0.1) is 11.3 Å². The lowest BCUT2D eigenvalue weighted by Crippen LogP contribution is -2.18. The fraction of sp³-hybridized carbons (Fsp3) is 0.0323. The zero-order chi connectivity index (χ0) is 29.8. The Kier molecular flexibility index (Phi) is 9.03. The van der Waals surface area contributed by atoms with Crippen LogP contribution in [0.5, 0.6) is 5.75 Å². The monoisotopic (exact) mass is 679 g/mol. The third-order valence-electron chi connectivity index (χ3n) is 6.02. The Bertz CT molecular complexity index is 1860. The van der Waals surface area contributed by atoms with E-state index in [-0.39, 0.29) is 11.7 Å². The van der Waals surface area contributed by atoms with Gasteiger partial charge >= 0.3 is 5.97 Å². The van der Waals surface area contributed by atoms with Crippen LogP contribution >= 0.6 is 50.5 Å². The van der Waals surface area contributed by atoms with Crippen LogP contribution in [0.3, 0.4) is 0 Å². The number of benzene rings is 4. The molecule has 0 atom stereocenters. The summed E-state index contributed by atoms with van der Waals surface area (Å²) in [5.74, 6) is -1.11. The summed E-state index contributed by atoms with van der Waals surface area (Å²) in [6, 6.07) is 23.6. The van der Waals surface area contributed by atoms with Crippen LogP contribution < -0.4 is 15.5 Å². The molecule has 2 N–H and O–H groups in total. The summed E-state index contributed by atoms with van der Waals surface area (Å²) in [4.78, 5) is 38.5. The number of esters is 1. The van der Waals surface area contributed by atoms with Crippen LogP contribution in [0.15, 0.2) is 94.5 Å². The normalized spacial score (nSPS) is 11.0. The highest BCUT2D eigenvalue weighted by atomic mass is 79.9. The van der Waals surface area contributed by atoms with Gasteiger partial charge in [0.1, 0.15) is 10.6 Å². The molecule has 0 aliphatic heterocycles. The summed E-state index contributed by atoms with van der Waals surface area (Å²) in [5, 5.41) is 8.59. The van der Waals surface area contributed by atoms with Gasteiger partial charge in [0.25, 0.3) is 11.8 Å². The van der Waals surface area contributed by atoms with E-state index in [1.54, 1.807) is 66.7 Å². The molecule has 5 aromatic rings. The maximum Gasteiger partial charge on any atom is 0.343 e. The molecule has 0 radical (unpaired) electrons. The number of hydrogen-bond acceptors (Lipinski definition) is 6. The maximum absolute atomic E-state index is 12.9. The first-order chi connectivity index (χ1) is 20.2. The van der Waals surface area contributed by atoms with Crippen molar-refractivity contribution in [2.45, 2.75) is 6.92 Å². The fourth-order valence-corrected chi connectivity index (χ4v) is 5.91. The minimum absolute atomic E-state index is 0.255. The van der Waals surface area contributed by atoms with E-state index in [2.05, 4.69) is 31.8 Å². The predicted molar refractivity (Wildman–Crippen MR) is 172 cm³/mol. The van der Waals surface area contributed by atoms with Crippen molar-refractivity contribution < 1.29 is 19.1 Å². The highest BCUT2D eigenvalue weighted by molar-refractivity contribution is 9.10. The molecule has 11 heteroatoms. The second-order valence-electron chi connectivity index (χ2n) is 9.05. The van der Waals surface area contributed by atoms with Crippen molar-refractivity contribution >= 4 is 90.2 Å². The van der Waals surface area contributed by atoms with E-state index in [9.17, 15) is 14.4 Å². The van der Waals surface area contributed by atoms with E-state index in [4.69, 9.17) is 27.9 Å². The molecule has 1 aromatic heterocycles. The summed E-state index contributed by atoms with van der Waals surface area (Å²) in [6.45, 7) is 1.98. The number of aryl methyl sites for hydroxylation is 1. The minimum atomic E-state index is -0.565. The molecule has 1 heterocycles. The van der Waals surface area contributed by atoms with Gasteiger partial charge in [0, 0.05) is 36.4 Å². The van der Waals surface area contributed by atoms with Gasteiger partial charge in [-0.2, -0.15) is 5.10 Å². The fourth-order valence-electron chi connectivity index (χ4n) is 3.89. The molecular weight excluding hydrogens is 661 g/mol.